The first-order valence-corrected chi connectivity index (χ1v) is 6.68. The molecule has 0 aliphatic carbocycles. The van der Waals surface area contributed by atoms with E-state index in [2.05, 4.69) is 16.0 Å². The lowest BCUT2D eigenvalue weighted by Gasteiger charge is -2.13. The van der Waals surface area contributed by atoms with Crippen molar-refractivity contribution in [1.29, 1.82) is 0 Å². The smallest absolute Gasteiger partial charge is 0.332 e. The molecule has 0 bridgehead atoms. The van der Waals surface area contributed by atoms with Gasteiger partial charge in [0.15, 0.2) is 6.10 Å². The summed E-state index contributed by atoms with van der Waals surface area (Å²) in [4.78, 5) is 33.4. The third-order valence-corrected chi connectivity index (χ3v) is 2.91. The zero-order valence-electron chi connectivity index (χ0n) is 11.9. The van der Waals surface area contributed by atoms with Crippen LogP contribution in [0, 0.1) is 0 Å². The molecule has 0 aromatic rings. The Morgan fingerprint density at radius 2 is 2.00 bits per heavy atom. The number of aliphatic carboxylic acids is 1. The molecule has 0 saturated carbocycles. The van der Waals surface area contributed by atoms with Gasteiger partial charge in [0.05, 0.1) is 19.3 Å². The molecular weight excluding hydrogens is 282 g/mol. The van der Waals surface area contributed by atoms with Crippen molar-refractivity contribution in [2.24, 2.45) is 0 Å². The fraction of sp³-hybridized carbons (Fsp3) is 0.750. The highest BCUT2D eigenvalue weighted by atomic mass is 16.5. The number of rotatable bonds is 8. The highest BCUT2D eigenvalue weighted by molar-refractivity contribution is 5.83. The lowest BCUT2D eigenvalue weighted by molar-refractivity contribution is -0.149. The van der Waals surface area contributed by atoms with Crippen LogP contribution in [0.4, 0.5) is 4.79 Å². The zero-order valence-corrected chi connectivity index (χ0v) is 11.9. The van der Waals surface area contributed by atoms with Crippen molar-refractivity contribution in [2.45, 2.75) is 25.0 Å². The second kappa shape index (κ2) is 9.14. The lowest BCUT2D eigenvalue weighted by Crippen LogP contribution is -2.44. The average molecular weight is 303 g/mol. The molecule has 0 aromatic heterocycles. The van der Waals surface area contributed by atoms with Gasteiger partial charge in [-0.15, -0.1) is 0 Å². The van der Waals surface area contributed by atoms with E-state index in [0.717, 1.165) is 0 Å². The van der Waals surface area contributed by atoms with Crippen molar-refractivity contribution in [3.8, 4) is 0 Å². The van der Waals surface area contributed by atoms with Crippen molar-refractivity contribution in [3.05, 3.63) is 0 Å². The molecule has 3 amide bonds. The first kappa shape index (κ1) is 17.2. The highest BCUT2D eigenvalue weighted by Gasteiger charge is 2.30. The number of carboxylic acid groups (broad SMARTS) is 1. The van der Waals surface area contributed by atoms with Gasteiger partial charge in [-0.3, -0.25) is 4.79 Å². The fourth-order valence-electron chi connectivity index (χ4n) is 1.82. The molecule has 9 heteroatoms. The summed E-state index contributed by atoms with van der Waals surface area (Å²) < 4.78 is 10.00. The second-order valence-corrected chi connectivity index (χ2v) is 4.57. The van der Waals surface area contributed by atoms with E-state index in [0.29, 0.717) is 26.0 Å². The number of urea groups is 1. The SMILES string of the molecule is COCCNC(=O)CNC(=O)NCC1CCC(C(=O)O)O1. The largest absolute Gasteiger partial charge is 0.479 e. The first-order chi connectivity index (χ1) is 10.0. The molecule has 9 nitrogen and oxygen atoms in total. The van der Waals surface area contributed by atoms with Gasteiger partial charge in [0, 0.05) is 20.2 Å². The average Bonchev–Trinajstić information content (AvgIpc) is 2.92. The first-order valence-electron chi connectivity index (χ1n) is 6.68. The lowest BCUT2D eigenvalue weighted by atomic mass is 10.2. The monoisotopic (exact) mass is 303 g/mol. The Labute approximate surface area is 122 Å². The number of hydrogen-bond donors (Lipinski definition) is 4. The molecule has 1 aliphatic heterocycles. The molecule has 1 saturated heterocycles. The molecule has 0 radical (unpaired) electrons. The van der Waals surface area contributed by atoms with Crippen LogP contribution < -0.4 is 16.0 Å². The summed E-state index contributed by atoms with van der Waals surface area (Å²) in [5, 5.41) is 16.2. The van der Waals surface area contributed by atoms with E-state index in [4.69, 9.17) is 14.6 Å². The topological polar surface area (TPSA) is 126 Å². The second-order valence-electron chi connectivity index (χ2n) is 4.57. The number of hydrogen-bond acceptors (Lipinski definition) is 5. The summed E-state index contributed by atoms with van der Waals surface area (Å²) >= 11 is 0. The van der Waals surface area contributed by atoms with Crippen molar-refractivity contribution in [1.82, 2.24) is 16.0 Å². The summed E-state index contributed by atoms with van der Waals surface area (Å²) in [6, 6.07) is -0.501. The summed E-state index contributed by atoms with van der Waals surface area (Å²) in [5.41, 5.74) is 0. The van der Waals surface area contributed by atoms with Crippen molar-refractivity contribution in [3.63, 3.8) is 0 Å². The van der Waals surface area contributed by atoms with Crippen LogP contribution in [-0.4, -0.2) is 68.6 Å². The van der Waals surface area contributed by atoms with Crippen molar-refractivity contribution < 1.29 is 29.0 Å². The maximum absolute atomic E-state index is 11.5. The molecular formula is C12H21N3O6. The number of carbonyl (C=O) groups is 3. The zero-order chi connectivity index (χ0) is 15.7. The maximum atomic E-state index is 11.5. The maximum Gasteiger partial charge on any atom is 0.332 e. The van der Waals surface area contributed by atoms with Crippen molar-refractivity contribution >= 4 is 17.9 Å². The Balaban J connectivity index is 2.09. The van der Waals surface area contributed by atoms with Crippen LogP contribution in [0.5, 0.6) is 0 Å². The summed E-state index contributed by atoms with van der Waals surface area (Å²) in [5.74, 6) is -1.31. The minimum atomic E-state index is -0.991. The molecule has 4 N–H and O–H groups in total. The number of amides is 3. The summed E-state index contributed by atoms with van der Waals surface area (Å²) in [6.45, 7) is 0.854. The minimum Gasteiger partial charge on any atom is -0.479 e. The van der Waals surface area contributed by atoms with Gasteiger partial charge in [-0.1, -0.05) is 0 Å². The number of carboxylic acids is 1. The van der Waals surface area contributed by atoms with E-state index in [1.807, 2.05) is 0 Å². The Kier molecular flexibility index (Phi) is 7.48. The molecule has 2 atom stereocenters. The quantitative estimate of drug-likeness (QED) is 0.412. The van der Waals surface area contributed by atoms with E-state index in [1.54, 1.807) is 0 Å². The van der Waals surface area contributed by atoms with Crippen LogP contribution in [0.25, 0.3) is 0 Å². The van der Waals surface area contributed by atoms with E-state index < -0.39 is 18.1 Å². The molecule has 1 rings (SSSR count). The van der Waals surface area contributed by atoms with E-state index in [9.17, 15) is 14.4 Å². The van der Waals surface area contributed by atoms with Gasteiger partial charge in [-0.2, -0.15) is 0 Å². The van der Waals surface area contributed by atoms with Crippen LogP contribution >= 0.6 is 0 Å². The van der Waals surface area contributed by atoms with Crippen LogP contribution in [-0.2, 0) is 19.1 Å². The van der Waals surface area contributed by atoms with Crippen LogP contribution in [0.3, 0.4) is 0 Å². The summed E-state index contributed by atoms with van der Waals surface area (Å²) in [7, 11) is 1.53. The van der Waals surface area contributed by atoms with Crippen molar-refractivity contribution in [2.75, 3.05) is 33.4 Å². The molecule has 2 unspecified atom stereocenters. The van der Waals surface area contributed by atoms with Crippen LogP contribution in [0.2, 0.25) is 0 Å². The van der Waals surface area contributed by atoms with Gasteiger partial charge < -0.3 is 30.5 Å². The van der Waals surface area contributed by atoms with Gasteiger partial charge in [-0.05, 0) is 12.8 Å². The Morgan fingerprint density at radius 1 is 1.24 bits per heavy atom. The van der Waals surface area contributed by atoms with Gasteiger partial charge in [0.25, 0.3) is 0 Å². The Hall–Kier alpha value is -1.87. The molecule has 1 fully saturated rings. The predicted octanol–water partition coefficient (Wildman–Crippen LogP) is -1.32. The number of carbonyl (C=O) groups excluding carboxylic acids is 2. The third-order valence-electron chi connectivity index (χ3n) is 2.91. The van der Waals surface area contributed by atoms with E-state index in [1.165, 1.54) is 7.11 Å². The minimum absolute atomic E-state index is 0.140. The molecule has 1 heterocycles. The Bertz CT molecular complexity index is 376. The van der Waals surface area contributed by atoms with Gasteiger partial charge in [0.1, 0.15) is 0 Å². The summed E-state index contributed by atoms with van der Waals surface area (Å²) in [6.07, 6.45) is -0.0984. The molecule has 21 heavy (non-hydrogen) atoms. The van der Waals surface area contributed by atoms with Gasteiger partial charge in [0.2, 0.25) is 5.91 Å². The molecule has 0 spiro atoms. The number of ether oxygens (including phenoxy) is 2. The number of methoxy groups -OCH3 is 1. The van der Waals surface area contributed by atoms with E-state index in [-0.39, 0.29) is 25.1 Å². The molecule has 0 aromatic carbocycles. The van der Waals surface area contributed by atoms with Crippen LogP contribution in [0.1, 0.15) is 12.8 Å². The van der Waals surface area contributed by atoms with Gasteiger partial charge in [-0.25, -0.2) is 9.59 Å². The highest BCUT2D eigenvalue weighted by Crippen LogP contribution is 2.18. The third kappa shape index (κ3) is 6.91. The standard InChI is InChI=1S/C12H21N3O6/c1-20-5-4-13-10(16)7-15-12(19)14-6-8-2-3-9(21-8)11(17)18/h8-9H,2-7H2,1H3,(H,13,16)(H,17,18)(H2,14,15,19). The number of nitrogens with one attached hydrogen (secondary N) is 3. The van der Waals surface area contributed by atoms with E-state index >= 15 is 0 Å². The fourth-order valence-corrected chi connectivity index (χ4v) is 1.82. The van der Waals surface area contributed by atoms with Gasteiger partial charge >= 0.3 is 12.0 Å². The Morgan fingerprint density at radius 3 is 2.62 bits per heavy atom. The molecule has 1 aliphatic rings. The predicted molar refractivity (Wildman–Crippen MR) is 71.8 cm³/mol. The molecule has 120 valence electrons. The normalized spacial score (nSPS) is 20.8. The van der Waals surface area contributed by atoms with Crippen LogP contribution in [0.15, 0.2) is 0 Å².